The highest BCUT2D eigenvalue weighted by molar-refractivity contribution is 5.88. The summed E-state index contributed by atoms with van der Waals surface area (Å²) in [6, 6.07) is -0.750. The van der Waals surface area contributed by atoms with Crippen molar-refractivity contribution < 1.29 is 14.7 Å². The van der Waals surface area contributed by atoms with Crippen molar-refractivity contribution >= 4 is 11.9 Å². The van der Waals surface area contributed by atoms with Crippen molar-refractivity contribution in [3.8, 4) is 0 Å². The van der Waals surface area contributed by atoms with Crippen LogP contribution in [-0.4, -0.2) is 23.0 Å². The van der Waals surface area contributed by atoms with Crippen molar-refractivity contribution in [3.63, 3.8) is 0 Å². The van der Waals surface area contributed by atoms with Crippen LogP contribution in [0.2, 0.25) is 0 Å². The van der Waals surface area contributed by atoms with Gasteiger partial charge in [-0.2, -0.15) is 0 Å². The summed E-state index contributed by atoms with van der Waals surface area (Å²) >= 11 is 0. The Bertz CT molecular complexity index is 320. The average molecular weight is 241 g/mol. The largest absolute Gasteiger partial charge is 0.480 e. The fraction of sp³-hybridized carbons (Fsp3) is 0.846. The van der Waals surface area contributed by atoms with Gasteiger partial charge in [0.25, 0.3) is 0 Å². The van der Waals surface area contributed by atoms with Crippen LogP contribution in [0.3, 0.4) is 0 Å². The van der Waals surface area contributed by atoms with Crippen LogP contribution in [0.5, 0.6) is 0 Å². The molecule has 1 amide bonds. The van der Waals surface area contributed by atoms with Gasteiger partial charge < -0.3 is 10.4 Å². The molecule has 1 aliphatic rings. The number of amides is 1. The second kappa shape index (κ2) is 4.31. The van der Waals surface area contributed by atoms with E-state index in [1.54, 1.807) is 0 Å². The normalized spacial score (nSPS) is 22.9. The van der Waals surface area contributed by atoms with Crippen LogP contribution in [0.1, 0.15) is 47.5 Å². The first-order valence-electron chi connectivity index (χ1n) is 6.19. The Morgan fingerprint density at radius 1 is 1.24 bits per heavy atom. The van der Waals surface area contributed by atoms with Gasteiger partial charge in [0.05, 0.1) is 0 Å². The third kappa shape index (κ3) is 2.31. The molecule has 4 nitrogen and oxygen atoms in total. The summed E-state index contributed by atoms with van der Waals surface area (Å²) < 4.78 is 0. The lowest BCUT2D eigenvalue weighted by atomic mass is 10.0. The molecule has 0 unspecified atom stereocenters. The first-order chi connectivity index (χ1) is 7.66. The van der Waals surface area contributed by atoms with E-state index in [9.17, 15) is 9.59 Å². The molecule has 0 aromatic heterocycles. The van der Waals surface area contributed by atoms with Crippen molar-refractivity contribution in [2.75, 3.05) is 0 Å². The number of carboxylic acid groups (broad SMARTS) is 1. The number of hydrogen-bond acceptors (Lipinski definition) is 2. The topological polar surface area (TPSA) is 66.4 Å². The van der Waals surface area contributed by atoms with Crippen LogP contribution >= 0.6 is 0 Å². The first-order valence-corrected chi connectivity index (χ1v) is 6.19. The summed E-state index contributed by atoms with van der Waals surface area (Å²) in [5.41, 5.74) is -0.0985. The molecular formula is C13H23NO3. The third-order valence-corrected chi connectivity index (χ3v) is 4.47. The van der Waals surface area contributed by atoms with Crippen LogP contribution in [0, 0.1) is 16.7 Å². The van der Waals surface area contributed by atoms with E-state index in [1.165, 1.54) is 0 Å². The molecule has 0 heterocycles. The minimum atomic E-state index is -0.948. The Labute approximate surface area is 103 Å². The van der Waals surface area contributed by atoms with Crippen molar-refractivity contribution in [3.05, 3.63) is 0 Å². The fourth-order valence-corrected chi connectivity index (χ4v) is 2.65. The number of carboxylic acids is 1. The molecule has 17 heavy (non-hydrogen) atoms. The molecule has 2 N–H and O–H groups in total. The zero-order chi connectivity index (χ0) is 13.4. The van der Waals surface area contributed by atoms with Crippen LogP contribution < -0.4 is 5.32 Å². The highest BCUT2D eigenvalue weighted by atomic mass is 16.4. The van der Waals surface area contributed by atoms with Gasteiger partial charge in [-0.05, 0) is 17.3 Å². The quantitative estimate of drug-likeness (QED) is 0.774. The Morgan fingerprint density at radius 3 is 2.00 bits per heavy atom. The second-order valence-corrected chi connectivity index (χ2v) is 6.06. The van der Waals surface area contributed by atoms with Crippen molar-refractivity contribution in [1.29, 1.82) is 0 Å². The molecule has 1 saturated carbocycles. The molecule has 1 atom stereocenters. The van der Waals surface area contributed by atoms with E-state index >= 15 is 0 Å². The van der Waals surface area contributed by atoms with Gasteiger partial charge in [0.15, 0.2) is 0 Å². The van der Waals surface area contributed by atoms with Crippen LogP contribution in [0.25, 0.3) is 0 Å². The van der Waals surface area contributed by atoms with Gasteiger partial charge in [0.2, 0.25) is 5.91 Å². The summed E-state index contributed by atoms with van der Waals surface area (Å²) in [5, 5.41) is 11.7. The number of rotatable bonds is 5. The molecule has 0 spiro atoms. The van der Waals surface area contributed by atoms with Crippen LogP contribution in [0.15, 0.2) is 0 Å². The number of carbonyl (C=O) groups is 2. The minimum Gasteiger partial charge on any atom is -0.480 e. The van der Waals surface area contributed by atoms with Crippen LogP contribution in [-0.2, 0) is 9.59 Å². The molecule has 0 saturated heterocycles. The van der Waals surface area contributed by atoms with Gasteiger partial charge >= 0.3 is 5.97 Å². The van der Waals surface area contributed by atoms with Crippen molar-refractivity contribution in [2.24, 2.45) is 16.7 Å². The number of carbonyl (C=O) groups excluding carboxylic acids is 1. The maximum absolute atomic E-state index is 12.1. The highest BCUT2D eigenvalue weighted by Crippen LogP contribution is 2.68. The van der Waals surface area contributed by atoms with Gasteiger partial charge in [-0.3, -0.25) is 4.79 Å². The minimum absolute atomic E-state index is 0.0493. The zero-order valence-electron chi connectivity index (χ0n) is 11.3. The van der Waals surface area contributed by atoms with Gasteiger partial charge in [-0.25, -0.2) is 4.79 Å². The second-order valence-electron chi connectivity index (χ2n) is 6.06. The van der Waals surface area contributed by atoms with E-state index in [4.69, 9.17) is 5.11 Å². The summed E-state index contributed by atoms with van der Waals surface area (Å²) in [7, 11) is 0. The Morgan fingerprint density at radius 2 is 1.71 bits per heavy atom. The zero-order valence-corrected chi connectivity index (χ0v) is 11.3. The molecule has 0 aromatic carbocycles. The molecule has 0 aliphatic heterocycles. The lowest BCUT2D eigenvalue weighted by Gasteiger charge is -2.14. The standard InChI is InChI=1S/C13H23NO3/c1-6-7-8(11(16)17)14-10(15)9-12(2,3)13(9,4)5/h8-9H,6-7H2,1-5H3,(H,14,15)(H,16,17)/t8-/m0/s1. The lowest BCUT2D eigenvalue weighted by Crippen LogP contribution is -2.42. The number of nitrogens with one attached hydrogen (secondary N) is 1. The van der Waals surface area contributed by atoms with Gasteiger partial charge in [0, 0.05) is 5.92 Å². The Hall–Kier alpha value is -1.06. The predicted octanol–water partition coefficient (Wildman–Crippen LogP) is 2.04. The molecule has 1 aliphatic carbocycles. The van der Waals surface area contributed by atoms with E-state index in [-0.39, 0.29) is 22.7 Å². The van der Waals surface area contributed by atoms with E-state index in [2.05, 4.69) is 5.32 Å². The lowest BCUT2D eigenvalue weighted by molar-refractivity contribution is -0.142. The monoisotopic (exact) mass is 241 g/mol. The molecule has 0 aromatic rings. The smallest absolute Gasteiger partial charge is 0.326 e. The number of hydrogen-bond donors (Lipinski definition) is 2. The molecular weight excluding hydrogens is 218 g/mol. The van der Waals surface area contributed by atoms with Crippen molar-refractivity contribution in [1.82, 2.24) is 5.32 Å². The van der Waals surface area contributed by atoms with Gasteiger partial charge in [-0.1, -0.05) is 41.0 Å². The molecule has 4 heteroatoms. The summed E-state index contributed by atoms with van der Waals surface area (Å²) in [6.45, 7) is 10.1. The van der Waals surface area contributed by atoms with Gasteiger partial charge in [0.1, 0.15) is 6.04 Å². The first kappa shape index (κ1) is 14.0. The van der Waals surface area contributed by atoms with Crippen molar-refractivity contribution in [2.45, 2.75) is 53.5 Å². The summed E-state index contributed by atoms with van der Waals surface area (Å²) in [6.07, 6.45) is 1.23. The highest BCUT2D eigenvalue weighted by Gasteiger charge is 2.68. The molecule has 1 fully saturated rings. The average Bonchev–Trinajstić information content (AvgIpc) is 2.56. The van der Waals surface area contributed by atoms with E-state index < -0.39 is 12.0 Å². The summed E-state index contributed by atoms with van der Waals surface area (Å²) in [4.78, 5) is 23.0. The molecule has 0 radical (unpaired) electrons. The Balaban J connectivity index is 2.65. The maximum Gasteiger partial charge on any atom is 0.326 e. The fourth-order valence-electron chi connectivity index (χ4n) is 2.65. The van der Waals surface area contributed by atoms with Gasteiger partial charge in [-0.15, -0.1) is 0 Å². The predicted molar refractivity (Wildman–Crippen MR) is 65.5 cm³/mol. The third-order valence-electron chi connectivity index (χ3n) is 4.47. The van der Waals surface area contributed by atoms with E-state index in [1.807, 2.05) is 34.6 Å². The van der Waals surface area contributed by atoms with E-state index in [0.29, 0.717) is 6.42 Å². The summed E-state index contributed by atoms with van der Waals surface area (Å²) in [5.74, 6) is -1.16. The Kier molecular flexibility index (Phi) is 3.55. The van der Waals surface area contributed by atoms with Crippen LogP contribution in [0.4, 0.5) is 0 Å². The molecule has 98 valence electrons. The maximum atomic E-state index is 12.1. The molecule has 0 bridgehead atoms. The number of aliphatic carboxylic acids is 1. The van der Waals surface area contributed by atoms with E-state index in [0.717, 1.165) is 6.42 Å². The molecule has 1 rings (SSSR count). The SMILES string of the molecule is CCC[C@H](NC(=O)C1C(C)(C)C1(C)C)C(=O)O.